The SMILES string of the molecule is Cc1cc(-c2cccc(-n3c4ccccc4c4ccc([Si](c5ccccn5)(C(C)(C)C)C(C)(C)C)cc43)c2)n[nH]1. The van der Waals surface area contributed by atoms with Crippen LogP contribution < -0.4 is 10.5 Å². The Balaban J connectivity index is 1.69. The number of nitrogens with one attached hydrogen (secondary N) is 1. The smallest absolute Gasteiger partial charge is 0.151 e. The first-order chi connectivity index (χ1) is 19.0. The van der Waals surface area contributed by atoms with Gasteiger partial charge in [0.05, 0.1) is 16.7 Å². The first kappa shape index (κ1) is 26.3. The molecule has 1 N–H and O–H groups in total. The Hall–Kier alpha value is -3.96. The Morgan fingerprint density at radius 2 is 1.43 bits per heavy atom. The number of pyridine rings is 1. The molecule has 0 saturated heterocycles. The van der Waals surface area contributed by atoms with Gasteiger partial charge in [0.15, 0.2) is 8.07 Å². The number of nitrogens with zero attached hydrogens (tertiary/aromatic N) is 3. The summed E-state index contributed by atoms with van der Waals surface area (Å²) in [5.41, 5.74) is 6.70. The molecule has 202 valence electrons. The lowest BCUT2D eigenvalue weighted by molar-refractivity contribution is 0.635. The molecule has 0 aliphatic carbocycles. The van der Waals surface area contributed by atoms with Gasteiger partial charge in [-0.15, -0.1) is 0 Å². The normalized spacial score (nSPS) is 12.9. The van der Waals surface area contributed by atoms with Crippen molar-refractivity contribution in [3.8, 4) is 16.9 Å². The van der Waals surface area contributed by atoms with Crippen molar-refractivity contribution in [2.75, 3.05) is 0 Å². The Bertz CT molecular complexity index is 1820. The quantitative estimate of drug-likeness (QED) is 0.229. The van der Waals surface area contributed by atoms with Crippen LogP contribution in [0.4, 0.5) is 0 Å². The topological polar surface area (TPSA) is 46.5 Å². The largest absolute Gasteiger partial charge is 0.309 e. The van der Waals surface area contributed by atoms with Gasteiger partial charge in [-0.05, 0) is 64.7 Å². The predicted molar refractivity (Wildman–Crippen MR) is 172 cm³/mol. The van der Waals surface area contributed by atoms with E-state index in [0.29, 0.717) is 0 Å². The number of aromatic amines is 1. The summed E-state index contributed by atoms with van der Waals surface area (Å²) >= 11 is 0. The van der Waals surface area contributed by atoms with E-state index in [1.807, 2.05) is 19.2 Å². The Morgan fingerprint density at radius 1 is 0.700 bits per heavy atom. The number of para-hydroxylation sites is 1. The van der Waals surface area contributed by atoms with Crippen molar-refractivity contribution < 1.29 is 0 Å². The van der Waals surface area contributed by atoms with E-state index in [9.17, 15) is 0 Å². The third-order valence-electron chi connectivity index (χ3n) is 8.51. The molecule has 6 aromatic rings. The summed E-state index contributed by atoms with van der Waals surface area (Å²) in [6.07, 6.45) is 1.96. The molecule has 3 aromatic heterocycles. The first-order valence-electron chi connectivity index (χ1n) is 14.1. The fraction of sp³-hybridized carbons (Fsp3) is 0.257. The van der Waals surface area contributed by atoms with E-state index in [0.717, 1.165) is 22.6 Å². The first-order valence-corrected chi connectivity index (χ1v) is 16.1. The highest BCUT2D eigenvalue weighted by Crippen LogP contribution is 2.50. The van der Waals surface area contributed by atoms with E-state index in [2.05, 4.69) is 141 Å². The van der Waals surface area contributed by atoms with Gasteiger partial charge in [-0.1, -0.05) is 90.1 Å². The fourth-order valence-corrected chi connectivity index (χ4v) is 14.5. The van der Waals surface area contributed by atoms with Crippen LogP contribution in [-0.2, 0) is 0 Å². The monoisotopic (exact) mass is 542 g/mol. The number of benzene rings is 3. The highest BCUT2D eigenvalue weighted by molar-refractivity contribution is 7.05. The number of aromatic nitrogens is 4. The van der Waals surface area contributed by atoms with Crippen molar-refractivity contribution in [3.05, 3.63) is 103 Å². The van der Waals surface area contributed by atoms with Crippen LogP contribution in [0.3, 0.4) is 0 Å². The lowest BCUT2D eigenvalue weighted by Gasteiger charge is -2.51. The Kier molecular flexibility index (Phi) is 6.11. The van der Waals surface area contributed by atoms with Crippen LogP contribution in [-0.4, -0.2) is 27.8 Å². The molecule has 0 unspecified atom stereocenters. The summed E-state index contributed by atoms with van der Waals surface area (Å²) in [4.78, 5) is 5.06. The molecule has 3 aromatic carbocycles. The lowest BCUT2D eigenvalue weighted by Crippen LogP contribution is -2.70. The molecule has 0 spiro atoms. The van der Waals surface area contributed by atoms with Gasteiger partial charge in [-0.25, -0.2) is 0 Å². The zero-order valence-corrected chi connectivity index (χ0v) is 25.6. The van der Waals surface area contributed by atoms with E-state index in [1.54, 1.807) is 0 Å². The van der Waals surface area contributed by atoms with E-state index in [1.165, 1.54) is 32.3 Å². The summed E-state index contributed by atoms with van der Waals surface area (Å²) in [7, 11) is -2.44. The molecular formula is C35H38N4Si. The third-order valence-corrected chi connectivity index (χ3v) is 15.3. The summed E-state index contributed by atoms with van der Waals surface area (Å²) in [5.74, 6) is 0. The average Bonchev–Trinajstić information content (AvgIpc) is 3.49. The molecular weight excluding hydrogens is 504 g/mol. The van der Waals surface area contributed by atoms with Crippen molar-refractivity contribution in [1.29, 1.82) is 0 Å². The molecule has 40 heavy (non-hydrogen) atoms. The Morgan fingerprint density at radius 3 is 2.10 bits per heavy atom. The number of hydrogen-bond donors (Lipinski definition) is 1. The summed E-state index contributed by atoms with van der Waals surface area (Å²) < 4.78 is 2.43. The zero-order valence-electron chi connectivity index (χ0n) is 24.6. The van der Waals surface area contributed by atoms with Gasteiger partial charge in [-0.3, -0.25) is 10.1 Å². The number of H-pyrrole nitrogens is 1. The Labute approximate surface area is 238 Å². The summed E-state index contributed by atoms with van der Waals surface area (Å²) in [6.45, 7) is 16.5. The van der Waals surface area contributed by atoms with Crippen molar-refractivity contribution in [2.45, 2.75) is 58.5 Å². The van der Waals surface area contributed by atoms with Crippen LogP contribution in [0.1, 0.15) is 47.2 Å². The molecule has 0 fully saturated rings. The molecule has 0 aliphatic rings. The predicted octanol–water partition coefficient (Wildman–Crippen LogP) is 8.04. The van der Waals surface area contributed by atoms with Crippen LogP contribution in [0, 0.1) is 6.92 Å². The van der Waals surface area contributed by atoms with Gasteiger partial charge in [0.25, 0.3) is 0 Å². The van der Waals surface area contributed by atoms with Crippen molar-refractivity contribution in [1.82, 2.24) is 19.7 Å². The van der Waals surface area contributed by atoms with Crippen LogP contribution in [0.25, 0.3) is 38.8 Å². The lowest BCUT2D eigenvalue weighted by atomic mass is 10.1. The zero-order chi connectivity index (χ0) is 28.3. The van der Waals surface area contributed by atoms with Gasteiger partial charge < -0.3 is 4.57 Å². The maximum atomic E-state index is 5.06. The fourth-order valence-electron chi connectivity index (χ4n) is 7.34. The van der Waals surface area contributed by atoms with Crippen molar-refractivity contribution >= 4 is 40.4 Å². The van der Waals surface area contributed by atoms with Crippen LogP contribution in [0.5, 0.6) is 0 Å². The van der Waals surface area contributed by atoms with E-state index in [4.69, 9.17) is 4.98 Å². The summed E-state index contributed by atoms with van der Waals surface area (Å²) in [6, 6.07) is 33.3. The van der Waals surface area contributed by atoms with Gasteiger partial charge in [-0.2, -0.15) is 5.10 Å². The highest BCUT2D eigenvalue weighted by Gasteiger charge is 2.56. The van der Waals surface area contributed by atoms with E-state index in [-0.39, 0.29) is 10.1 Å². The average molecular weight is 543 g/mol. The molecule has 0 amide bonds. The highest BCUT2D eigenvalue weighted by atomic mass is 28.3. The van der Waals surface area contributed by atoms with E-state index >= 15 is 0 Å². The van der Waals surface area contributed by atoms with Crippen molar-refractivity contribution in [2.24, 2.45) is 0 Å². The molecule has 0 aliphatic heterocycles. The molecule has 0 radical (unpaired) electrons. The molecule has 6 rings (SSSR count). The number of aryl methyl sites for hydroxylation is 1. The number of hydrogen-bond acceptors (Lipinski definition) is 2. The van der Waals surface area contributed by atoms with Gasteiger partial charge in [0.1, 0.15) is 0 Å². The third kappa shape index (κ3) is 3.95. The minimum Gasteiger partial charge on any atom is -0.309 e. The molecule has 0 saturated carbocycles. The minimum atomic E-state index is -2.44. The molecule has 5 heteroatoms. The van der Waals surface area contributed by atoms with Crippen LogP contribution >= 0.6 is 0 Å². The van der Waals surface area contributed by atoms with Gasteiger partial charge in [0.2, 0.25) is 0 Å². The maximum Gasteiger partial charge on any atom is 0.151 e. The summed E-state index contributed by atoms with van der Waals surface area (Å²) in [5, 5.41) is 12.9. The number of rotatable bonds is 4. The van der Waals surface area contributed by atoms with E-state index < -0.39 is 8.07 Å². The minimum absolute atomic E-state index is 0.0296. The molecule has 0 atom stereocenters. The second-order valence-corrected chi connectivity index (χ2v) is 18.6. The van der Waals surface area contributed by atoms with Crippen LogP contribution in [0.2, 0.25) is 10.1 Å². The number of fused-ring (bicyclic) bond motifs is 3. The molecule has 0 bridgehead atoms. The maximum absolute atomic E-state index is 5.06. The second-order valence-electron chi connectivity index (χ2n) is 13.0. The van der Waals surface area contributed by atoms with Gasteiger partial charge in [0, 0.05) is 39.2 Å². The van der Waals surface area contributed by atoms with Gasteiger partial charge >= 0.3 is 0 Å². The standard InChI is InChI=1S/C35H38N4Si/c1-24-21-30(38-37-24)25-13-12-14-26(22-25)39-31-16-9-8-15-28(31)29-19-18-27(23-32(29)39)40(34(2,3)4,35(5,6)7)33-17-10-11-20-36-33/h8-23H,1-7H3,(H,37,38). The van der Waals surface area contributed by atoms with Crippen LogP contribution in [0.15, 0.2) is 97.2 Å². The molecule has 4 nitrogen and oxygen atoms in total. The second kappa shape index (κ2) is 9.31. The molecule has 3 heterocycles. The van der Waals surface area contributed by atoms with Crippen molar-refractivity contribution in [3.63, 3.8) is 0 Å².